The molecule has 0 unspecified atom stereocenters. The summed E-state index contributed by atoms with van der Waals surface area (Å²) in [6.07, 6.45) is 3.76. The minimum Gasteiger partial charge on any atom is -0.370 e. The number of carbonyl (C=O) groups excluding carboxylic acids is 1. The van der Waals surface area contributed by atoms with E-state index in [-0.39, 0.29) is 5.91 Å². The standard InChI is InChI=1S/C18H22N2OS/c1-13-12-17(22-14(13)2)18(21)19-15-8-4-5-9-16(15)20-10-6-3-7-11-20/h4-5,8-9,12H,3,6-7,10-11H2,1-2H3,(H,19,21). The molecule has 0 saturated carbocycles. The van der Waals surface area contributed by atoms with E-state index in [0.29, 0.717) is 0 Å². The smallest absolute Gasteiger partial charge is 0.265 e. The maximum Gasteiger partial charge on any atom is 0.265 e. The Hall–Kier alpha value is -1.81. The van der Waals surface area contributed by atoms with E-state index < -0.39 is 0 Å². The molecule has 1 aromatic heterocycles. The van der Waals surface area contributed by atoms with Crippen LogP contribution >= 0.6 is 11.3 Å². The highest BCUT2D eigenvalue weighted by atomic mass is 32.1. The molecule has 2 aromatic rings. The van der Waals surface area contributed by atoms with Gasteiger partial charge in [0.2, 0.25) is 0 Å². The lowest BCUT2D eigenvalue weighted by molar-refractivity contribution is 0.103. The molecule has 0 atom stereocenters. The van der Waals surface area contributed by atoms with Gasteiger partial charge in [-0.3, -0.25) is 4.79 Å². The number of nitrogens with zero attached hydrogens (tertiary/aromatic N) is 1. The van der Waals surface area contributed by atoms with Gasteiger partial charge >= 0.3 is 0 Å². The van der Waals surface area contributed by atoms with Crippen molar-refractivity contribution < 1.29 is 4.79 Å². The summed E-state index contributed by atoms with van der Waals surface area (Å²) >= 11 is 1.56. The maximum absolute atomic E-state index is 12.5. The number of nitrogens with one attached hydrogen (secondary N) is 1. The summed E-state index contributed by atoms with van der Waals surface area (Å²) in [6.45, 7) is 6.25. The van der Waals surface area contributed by atoms with Gasteiger partial charge in [0.05, 0.1) is 16.3 Å². The molecular weight excluding hydrogens is 292 g/mol. The summed E-state index contributed by atoms with van der Waals surface area (Å²) in [4.78, 5) is 16.9. The summed E-state index contributed by atoms with van der Waals surface area (Å²) in [7, 11) is 0. The topological polar surface area (TPSA) is 32.3 Å². The van der Waals surface area contributed by atoms with E-state index in [1.165, 1.54) is 29.7 Å². The van der Waals surface area contributed by atoms with Crippen LogP contribution < -0.4 is 10.2 Å². The molecule has 3 nitrogen and oxygen atoms in total. The van der Waals surface area contributed by atoms with Gasteiger partial charge in [0.15, 0.2) is 0 Å². The Balaban J connectivity index is 1.81. The summed E-state index contributed by atoms with van der Waals surface area (Å²) in [6, 6.07) is 10.1. The number of para-hydroxylation sites is 2. The van der Waals surface area contributed by atoms with E-state index in [2.05, 4.69) is 23.2 Å². The van der Waals surface area contributed by atoms with Gasteiger partial charge in [-0.2, -0.15) is 0 Å². The second-order valence-corrected chi connectivity index (χ2v) is 7.13. The molecule has 116 valence electrons. The number of rotatable bonds is 3. The fourth-order valence-corrected chi connectivity index (χ4v) is 3.79. The van der Waals surface area contributed by atoms with Crippen molar-refractivity contribution in [2.45, 2.75) is 33.1 Å². The second-order valence-electron chi connectivity index (χ2n) is 5.87. The summed E-state index contributed by atoms with van der Waals surface area (Å²) in [5.41, 5.74) is 3.23. The SMILES string of the molecule is Cc1cc(C(=O)Nc2ccccc2N2CCCCC2)sc1C. The first-order valence-electron chi connectivity index (χ1n) is 7.87. The third-order valence-electron chi connectivity index (χ3n) is 4.24. The van der Waals surface area contributed by atoms with Crippen LogP contribution in [0.4, 0.5) is 11.4 Å². The lowest BCUT2D eigenvalue weighted by atomic mass is 10.1. The third-order valence-corrected chi connectivity index (χ3v) is 5.39. The number of hydrogen-bond acceptors (Lipinski definition) is 3. The molecule has 0 spiro atoms. The van der Waals surface area contributed by atoms with Crippen molar-refractivity contribution in [3.63, 3.8) is 0 Å². The van der Waals surface area contributed by atoms with Crippen LogP contribution in [0.15, 0.2) is 30.3 Å². The molecule has 1 amide bonds. The highest BCUT2D eigenvalue weighted by Crippen LogP contribution is 2.29. The number of piperidine rings is 1. The monoisotopic (exact) mass is 314 g/mol. The highest BCUT2D eigenvalue weighted by molar-refractivity contribution is 7.14. The number of amides is 1. The Kier molecular flexibility index (Phi) is 4.48. The molecule has 0 aliphatic carbocycles. The first-order chi connectivity index (χ1) is 10.6. The molecule has 1 aromatic carbocycles. The average molecular weight is 314 g/mol. The molecule has 22 heavy (non-hydrogen) atoms. The normalized spacial score (nSPS) is 14.9. The van der Waals surface area contributed by atoms with E-state index in [4.69, 9.17) is 0 Å². The maximum atomic E-state index is 12.5. The zero-order valence-electron chi connectivity index (χ0n) is 13.2. The third kappa shape index (κ3) is 3.17. The zero-order chi connectivity index (χ0) is 15.5. The highest BCUT2D eigenvalue weighted by Gasteiger charge is 2.17. The van der Waals surface area contributed by atoms with Crippen molar-refractivity contribution in [3.05, 3.63) is 45.6 Å². The predicted octanol–water partition coefficient (Wildman–Crippen LogP) is 4.61. The van der Waals surface area contributed by atoms with Crippen molar-refractivity contribution in [1.82, 2.24) is 0 Å². The van der Waals surface area contributed by atoms with Crippen LogP contribution in [0.1, 0.15) is 39.4 Å². The zero-order valence-corrected chi connectivity index (χ0v) is 14.0. The minimum absolute atomic E-state index is 0.00865. The predicted molar refractivity (Wildman–Crippen MR) is 94.3 cm³/mol. The number of thiophene rings is 1. The lowest BCUT2D eigenvalue weighted by Gasteiger charge is -2.30. The number of aryl methyl sites for hydroxylation is 2. The van der Waals surface area contributed by atoms with Gasteiger partial charge in [-0.1, -0.05) is 12.1 Å². The van der Waals surface area contributed by atoms with Gasteiger partial charge in [-0.15, -0.1) is 11.3 Å². The molecule has 0 radical (unpaired) electrons. The number of carbonyl (C=O) groups is 1. The molecule has 1 aliphatic rings. The van der Waals surface area contributed by atoms with Gasteiger partial charge in [0, 0.05) is 18.0 Å². The van der Waals surface area contributed by atoms with Crippen molar-refractivity contribution >= 4 is 28.6 Å². The van der Waals surface area contributed by atoms with Crippen LogP contribution in [0.2, 0.25) is 0 Å². The molecule has 0 bridgehead atoms. The van der Waals surface area contributed by atoms with Crippen molar-refractivity contribution in [1.29, 1.82) is 0 Å². The van der Waals surface area contributed by atoms with E-state index >= 15 is 0 Å². The number of hydrogen-bond donors (Lipinski definition) is 1. The summed E-state index contributed by atoms with van der Waals surface area (Å²) < 4.78 is 0. The van der Waals surface area contributed by atoms with Gasteiger partial charge < -0.3 is 10.2 Å². The number of anilines is 2. The minimum atomic E-state index is -0.00865. The Morgan fingerprint density at radius 3 is 2.55 bits per heavy atom. The molecule has 1 N–H and O–H groups in total. The van der Waals surface area contributed by atoms with E-state index in [1.807, 2.05) is 31.2 Å². The summed E-state index contributed by atoms with van der Waals surface area (Å²) in [5.74, 6) is -0.00865. The van der Waals surface area contributed by atoms with E-state index in [9.17, 15) is 4.79 Å². The Bertz CT molecular complexity index is 652. The fourth-order valence-electron chi connectivity index (χ4n) is 2.86. The second kappa shape index (κ2) is 6.53. The molecule has 3 rings (SSSR count). The lowest BCUT2D eigenvalue weighted by Crippen LogP contribution is -2.30. The van der Waals surface area contributed by atoms with Gasteiger partial charge in [0.1, 0.15) is 0 Å². The molecular formula is C18H22N2OS. The van der Waals surface area contributed by atoms with Crippen LogP contribution in [0.5, 0.6) is 0 Å². The molecule has 1 saturated heterocycles. The molecule has 4 heteroatoms. The molecule has 1 aliphatic heterocycles. The number of benzene rings is 1. The van der Waals surface area contributed by atoms with Crippen LogP contribution in [0, 0.1) is 13.8 Å². The van der Waals surface area contributed by atoms with Crippen molar-refractivity contribution in [2.75, 3.05) is 23.3 Å². The van der Waals surface area contributed by atoms with Crippen LogP contribution in [0.3, 0.4) is 0 Å². The van der Waals surface area contributed by atoms with Gasteiger partial charge in [-0.05, 0) is 56.9 Å². The van der Waals surface area contributed by atoms with Crippen LogP contribution in [0.25, 0.3) is 0 Å². The first kappa shape index (κ1) is 15.1. The van der Waals surface area contributed by atoms with E-state index in [0.717, 1.165) is 29.3 Å². The fraction of sp³-hybridized carbons (Fsp3) is 0.389. The van der Waals surface area contributed by atoms with Gasteiger partial charge in [-0.25, -0.2) is 0 Å². The quantitative estimate of drug-likeness (QED) is 0.897. The van der Waals surface area contributed by atoms with Gasteiger partial charge in [0.25, 0.3) is 5.91 Å². The van der Waals surface area contributed by atoms with Crippen LogP contribution in [-0.4, -0.2) is 19.0 Å². The van der Waals surface area contributed by atoms with Crippen molar-refractivity contribution in [3.8, 4) is 0 Å². The summed E-state index contributed by atoms with van der Waals surface area (Å²) in [5, 5.41) is 3.09. The van der Waals surface area contributed by atoms with E-state index in [1.54, 1.807) is 11.3 Å². The van der Waals surface area contributed by atoms with Crippen molar-refractivity contribution in [2.24, 2.45) is 0 Å². The largest absolute Gasteiger partial charge is 0.370 e. The first-order valence-corrected chi connectivity index (χ1v) is 8.69. The Morgan fingerprint density at radius 2 is 1.86 bits per heavy atom. The Morgan fingerprint density at radius 1 is 1.14 bits per heavy atom. The Labute approximate surface area is 136 Å². The molecule has 1 fully saturated rings. The van der Waals surface area contributed by atoms with Crippen LogP contribution in [-0.2, 0) is 0 Å². The molecule has 2 heterocycles. The average Bonchev–Trinajstić information content (AvgIpc) is 2.88.